The largest absolute Gasteiger partial charge is 0.405 e. The van der Waals surface area contributed by atoms with Crippen LogP contribution in [0.5, 0.6) is 0 Å². The second-order valence-corrected chi connectivity index (χ2v) is 7.29. The van der Waals surface area contributed by atoms with Crippen LogP contribution < -0.4 is 5.09 Å². The molecule has 0 atom stereocenters. The molecule has 5 nitrogen and oxygen atoms in total. The first-order valence-corrected chi connectivity index (χ1v) is 8.64. The molecule has 0 aromatic carbocycles. The van der Waals surface area contributed by atoms with Crippen LogP contribution in [0.1, 0.15) is 53.4 Å². The average Bonchev–Trinajstić information content (AvgIpc) is 2.31. The van der Waals surface area contributed by atoms with Crippen molar-refractivity contribution in [1.29, 1.82) is 0 Å². The van der Waals surface area contributed by atoms with Crippen LogP contribution >= 0.6 is 20.4 Å². The highest BCUT2D eigenvalue weighted by molar-refractivity contribution is 7.96. The highest BCUT2D eigenvalue weighted by atomic mass is 32.1. The van der Waals surface area contributed by atoms with Crippen molar-refractivity contribution >= 4 is 25.5 Å². The Balaban J connectivity index is 4.59. The van der Waals surface area contributed by atoms with E-state index in [1.807, 2.05) is 27.7 Å². The summed E-state index contributed by atoms with van der Waals surface area (Å²) in [6.45, 7) is 8.34. The molecular formula is C12H26NO4PS. The van der Waals surface area contributed by atoms with Crippen molar-refractivity contribution in [2.45, 2.75) is 58.9 Å². The number of rotatable bonds is 11. The maximum absolute atomic E-state index is 12.5. The number of hydrogen-bond acceptors (Lipinski definition) is 4. The van der Waals surface area contributed by atoms with Crippen LogP contribution in [-0.4, -0.2) is 23.9 Å². The van der Waals surface area contributed by atoms with Gasteiger partial charge >= 0.3 is 7.75 Å². The molecule has 0 aromatic heterocycles. The maximum Gasteiger partial charge on any atom is 0.405 e. The first kappa shape index (κ1) is 19.1. The minimum absolute atomic E-state index is 0.186. The summed E-state index contributed by atoms with van der Waals surface area (Å²) < 4.78 is 23.2. The Hall–Kier alpha value is 0.130. The smallest absolute Gasteiger partial charge is 0.297 e. The van der Waals surface area contributed by atoms with Gasteiger partial charge in [0.05, 0.1) is 13.2 Å². The van der Waals surface area contributed by atoms with Gasteiger partial charge in [0.15, 0.2) is 5.12 Å². The van der Waals surface area contributed by atoms with Crippen molar-refractivity contribution in [2.75, 3.05) is 13.2 Å². The van der Waals surface area contributed by atoms with E-state index in [0.29, 0.717) is 26.1 Å². The van der Waals surface area contributed by atoms with Crippen molar-refractivity contribution in [3.05, 3.63) is 0 Å². The predicted octanol–water partition coefficient (Wildman–Crippen LogP) is 3.55. The van der Waals surface area contributed by atoms with E-state index in [1.165, 1.54) is 0 Å². The normalized spacial score (nSPS) is 12.7. The summed E-state index contributed by atoms with van der Waals surface area (Å²) in [4.78, 5) is 10.9. The third kappa shape index (κ3) is 9.63. The monoisotopic (exact) mass is 311 g/mol. The standard InChI is InChI=1S/C12H26NO4PS/c1-5-9-16-18(15,17-10-6-2)13-12(3,4)8-7-11(14)19/h5-10H2,1-4H3,(H,13,15)(H,14,19). The molecule has 114 valence electrons. The third-order valence-corrected chi connectivity index (χ3v) is 4.48. The molecule has 0 amide bonds. The van der Waals surface area contributed by atoms with Crippen LogP contribution in [0.4, 0.5) is 0 Å². The highest BCUT2D eigenvalue weighted by Gasteiger charge is 2.32. The summed E-state index contributed by atoms with van der Waals surface area (Å²) in [6.07, 6.45) is 2.35. The zero-order valence-corrected chi connectivity index (χ0v) is 14.1. The van der Waals surface area contributed by atoms with Crippen molar-refractivity contribution in [1.82, 2.24) is 5.09 Å². The van der Waals surface area contributed by atoms with Gasteiger partial charge in [0, 0.05) is 12.0 Å². The summed E-state index contributed by atoms with van der Waals surface area (Å²) in [6, 6.07) is 0. The molecular weight excluding hydrogens is 285 g/mol. The van der Waals surface area contributed by atoms with E-state index in [-0.39, 0.29) is 5.12 Å². The van der Waals surface area contributed by atoms with Crippen molar-refractivity contribution in [2.24, 2.45) is 0 Å². The third-order valence-electron chi connectivity index (χ3n) is 2.33. The van der Waals surface area contributed by atoms with Gasteiger partial charge in [-0.25, -0.2) is 9.65 Å². The minimum atomic E-state index is -3.32. The minimum Gasteiger partial charge on any atom is -0.297 e. The summed E-state index contributed by atoms with van der Waals surface area (Å²) in [7, 11) is -3.32. The lowest BCUT2D eigenvalue weighted by Gasteiger charge is -2.30. The molecule has 0 aliphatic rings. The molecule has 0 saturated carbocycles. The molecule has 0 radical (unpaired) electrons. The zero-order valence-electron chi connectivity index (χ0n) is 12.3. The molecule has 0 fully saturated rings. The Kier molecular flexibility index (Phi) is 9.20. The first-order valence-electron chi connectivity index (χ1n) is 6.65. The van der Waals surface area contributed by atoms with Crippen molar-refractivity contribution in [3.8, 4) is 0 Å². The summed E-state index contributed by atoms with van der Waals surface area (Å²) >= 11 is 3.74. The Morgan fingerprint density at radius 3 is 2.05 bits per heavy atom. The van der Waals surface area contributed by atoms with Gasteiger partial charge in [-0.05, 0) is 33.1 Å². The van der Waals surface area contributed by atoms with E-state index in [2.05, 4.69) is 17.7 Å². The van der Waals surface area contributed by atoms with Crippen LogP contribution in [0.2, 0.25) is 0 Å². The van der Waals surface area contributed by atoms with Gasteiger partial charge in [0.25, 0.3) is 0 Å². The fourth-order valence-corrected chi connectivity index (χ4v) is 3.39. The molecule has 0 unspecified atom stereocenters. The Morgan fingerprint density at radius 2 is 1.68 bits per heavy atom. The SMILES string of the molecule is CCCOP(=O)(NC(C)(C)CCC(=O)S)OCCC. The Bertz CT molecular complexity index is 311. The lowest BCUT2D eigenvalue weighted by Crippen LogP contribution is -2.38. The lowest BCUT2D eigenvalue weighted by atomic mass is 10.0. The molecule has 0 saturated heterocycles. The van der Waals surface area contributed by atoms with Crippen LogP contribution in [-0.2, 0) is 18.4 Å². The van der Waals surface area contributed by atoms with Crippen LogP contribution in [0, 0.1) is 0 Å². The van der Waals surface area contributed by atoms with Gasteiger partial charge < -0.3 is 0 Å². The summed E-state index contributed by atoms with van der Waals surface area (Å²) in [5, 5.41) is 2.73. The average molecular weight is 311 g/mol. The second-order valence-electron chi connectivity index (χ2n) is 5.05. The molecule has 0 aromatic rings. The fourth-order valence-electron chi connectivity index (χ4n) is 1.37. The number of carbonyl (C=O) groups excluding carboxylic acids is 1. The van der Waals surface area contributed by atoms with E-state index in [9.17, 15) is 9.36 Å². The molecule has 0 rings (SSSR count). The fraction of sp³-hybridized carbons (Fsp3) is 0.917. The lowest BCUT2D eigenvalue weighted by molar-refractivity contribution is -0.111. The Morgan fingerprint density at radius 1 is 1.21 bits per heavy atom. The van der Waals surface area contributed by atoms with E-state index in [0.717, 1.165) is 12.8 Å². The summed E-state index contributed by atoms with van der Waals surface area (Å²) in [5.41, 5.74) is -0.518. The number of carbonyl (C=O) groups is 1. The van der Waals surface area contributed by atoms with Gasteiger partial charge in [0.2, 0.25) is 0 Å². The number of thiol groups is 1. The van der Waals surface area contributed by atoms with Crippen molar-refractivity contribution < 1.29 is 18.4 Å². The van der Waals surface area contributed by atoms with E-state index < -0.39 is 13.3 Å². The van der Waals surface area contributed by atoms with Crippen LogP contribution in [0.3, 0.4) is 0 Å². The highest BCUT2D eigenvalue weighted by Crippen LogP contribution is 2.46. The van der Waals surface area contributed by atoms with Crippen molar-refractivity contribution in [3.63, 3.8) is 0 Å². The molecule has 0 bridgehead atoms. The van der Waals surface area contributed by atoms with Gasteiger partial charge in [-0.3, -0.25) is 13.8 Å². The topological polar surface area (TPSA) is 64.6 Å². The molecule has 0 aliphatic heterocycles. The molecule has 7 heteroatoms. The molecule has 0 heterocycles. The number of nitrogens with one attached hydrogen (secondary N) is 1. The van der Waals surface area contributed by atoms with Gasteiger partial charge in [0.1, 0.15) is 0 Å². The second kappa shape index (κ2) is 9.14. The van der Waals surface area contributed by atoms with E-state index in [4.69, 9.17) is 9.05 Å². The van der Waals surface area contributed by atoms with E-state index in [1.54, 1.807) is 0 Å². The van der Waals surface area contributed by atoms with Gasteiger partial charge in [-0.15, -0.1) is 12.6 Å². The van der Waals surface area contributed by atoms with E-state index >= 15 is 0 Å². The molecule has 19 heavy (non-hydrogen) atoms. The van der Waals surface area contributed by atoms with Crippen LogP contribution in [0.25, 0.3) is 0 Å². The van der Waals surface area contributed by atoms with Gasteiger partial charge in [-0.2, -0.15) is 0 Å². The quantitative estimate of drug-likeness (QED) is 0.451. The van der Waals surface area contributed by atoms with Crippen LogP contribution in [0.15, 0.2) is 0 Å². The van der Waals surface area contributed by atoms with Gasteiger partial charge in [-0.1, -0.05) is 13.8 Å². The summed E-state index contributed by atoms with van der Waals surface area (Å²) in [5.74, 6) is 0. The Labute approximate surface area is 121 Å². The predicted molar refractivity (Wildman–Crippen MR) is 80.5 cm³/mol. The maximum atomic E-state index is 12.5. The number of hydrogen-bond donors (Lipinski definition) is 2. The molecule has 0 aliphatic carbocycles. The molecule has 0 spiro atoms. The zero-order chi connectivity index (χ0) is 14.9. The first-order chi connectivity index (χ1) is 8.74. The molecule has 1 N–H and O–H groups in total.